The number of fused-ring (bicyclic) bond motifs is 1. The zero-order valence-electron chi connectivity index (χ0n) is 16.5. The normalized spacial score (nSPS) is 13.8. The summed E-state index contributed by atoms with van der Waals surface area (Å²) in [5, 5.41) is 1.61. The molecular formula is C23H18ClF3O4. The van der Waals surface area contributed by atoms with Gasteiger partial charge in [0.2, 0.25) is 0 Å². The molecule has 3 aromatic carbocycles. The van der Waals surface area contributed by atoms with Gasteiger partial charge in [-0.2, -0.15) is 0 Å². The van der Waals surface area contributed by atoms with Crippen molar-refractivity contribution in [2.24, 2.45) is 5.92 Å². The Labute approximate surface area is 181 Å². The van der Waals surface area contributed by atoms with Crippen molar-refractivity contribution < 1.29 is 32.2 Å². The fourth-order valence-electron chi connectivity index (χ4n) is 3.07. The van der Waals surface area contributed by atoms with Crippen LogP contribution >= 0.6 is 11.6 Å². The second-order valence-corrected chi connectivity index (χ2v) is 7.82. The second kappa shape index (κ2) is 8.30. The maximum absolute atomic E-state index is 12.9. The lowest BCUT2D eigenvalue weighted by atomic mass is 10.0. The highest BCUT2D eigenvalue weighted by Crippen LogP contribution is 2.43. The number of halogens is 4. The van der Waals surface area contributed by atoms with E-state index < -0.39 is 12.1 Å². The molecular weight excluding hydrogens is 433 g/mol. The number of hydrogen-bond donors (Lipinski definition) is 0. The van der Waals surface area contributed by atoms with Crippen molar-refractivity contribution in [2.45, 2.75) is 26.1 Å². The van der Waals surface area contributed by atoms with Crippen LogP contribution in [-0.4, -0.2) is 18.8 Å². The minimum absolute atomic E-state index is 0.0377. The van der Waals surface area contributed by atoms with E-state index in [4.69, 9.17) is 21.1 Å². The smallest absolute Gasteiger partial charge is 0.488 e. The molecule has 0 spiro atoms. The van der Waals surface area contributed by atoms with Crippen molar-refractivity contribution in [3.63, 3.8) is 0 Å². The molecule has 0 N–H and O–H groups in total. The van der Waals surface area contributed by atoms with Gasteiger partial charge in [0, 0.05) is 17.7 Å². The first-order chi connectivity index (χ1) is 14.7. The molecule has 8 heteroatoms. The molecule has 4 rings (SSSR count). The largest absolute Gasteiger partial charge is 0.573 e. The highest BCUT2D eigenvalue weighted by Gasteiger charge is 2.34. The predicted octanol–water partition coefficient (Wildman–Crippen LogP) is 7.18. The van der Waals surface area contributed by atoms with Crippen molar-refractivity contribution in [1.29, 1.82) is 0 Å². The number of carbonyl (C=O) groups excluding carboxylic acids is 1. The van der Waals surface area contributed by atoms with Crippen molar-refractivity contribution in [1.82, 2.24) is 0 Å². The first kappa shape index (κ1) is 21.3. The third-order valence-electron chi connectivity index (χ3n) is 4.82. The third kappa shape index (κ3) is 5.41. The summed E-state index contributed by atoms with van der Waals surface area (Å²) in [7, 11) is 0. The van der Waals surface area contributed by atoms with E-state index in [0.717, 1.165) is 29.7 Å². The van der Waals surface area contributed by atoms with Crippen LogP contribution in [0.5, 0.6) is 23.0 Å². The van der Waals surface area contributed by atoms with Crippen molar-refractivity contribution >= 4 is 28.2 Å². The van der Waals surface area contributed by atoms with Gasteiger partial charge >= 0.3 is 6.36 Å². The molecule has 162 valence electrons. The minimum Gasteiger partial charge on any atom is -0.488 e. The van der Waals surface area contributed by atoms with Crippen LogP contribution in [0.25, 0.3) is 10.8 Å². The Kier molecular flexibility index (Phi) is 5.71. The van der Waals surface area contributed by atoms with E-state index >= 15 is 0 Å². The molecule has 0 aromatic heterocycles. The van der Waals surface area contributed by atoms with Crippen LogP contribution in [0.15, 0.2) is 48.5 Å². The maximum Gasteiger partial charge on any atom is 0.573 e. The molecule has 0 amide bonds. The van der Waals surface area contributed by atoms with E-state index in [2.05, 4.69) is 4.74 Å². The molecule has 4 nitrogen and oxygen atoms in total. The summed E-state index contributed by atoms with van der Waals surface area (Å²) in [5.41, 5.74) is 0.587. The highest BCUT2D eigenvalue weighted by molar-refractivity contribution is 6.32. The number of alkyl halides is 3. The van der Waals surface area contributed by atoms with Crippen LogP contribution in [0.3, 0.4) is 0 Å². The average molecular weight is 451 g/mol. The molecule has 0 unspecified atom stereocenters. The first-order valence-electron chi connectivity index (χ1n) is 9.62. The quantitative estimate of drug-likeness (QED) is 0.358. The van der Waals surface area contributed by atoms with E-state index in [1.165, 1.54) is 13.0 Å². The summed E-state index contributed by atoms with van der Waals surface area (Å²) >= 11 is 6.19. The molecule has 0 bridgehead atoms. The minimum atomic E-state index is -4.91. The molecule has 0 saturated heterocycles. The summed E-state index contributed by atoms with van der Waals surface area (Å²) in [6.07, 6.45) is -2.95. The van der Waals surface area contributed by atoms with Gasteiger partial charge in [0.25, 0.3) is 0 Å². The standard InChI is InChI=1S/C23H18ClF3O4/c1-13(28)15-4-5-17-9-18(7-6-16(17)8-15)30-19-10-20(24)22(29-12-14-2-3-14)21(11-19)31-23(25,26)27/h4-11,14H,2-3,12H2,1H3. The van der Waals surface area contributed by atoms with E-state index in [1.54, 1.807) is 36.4 Å². The van der Waals surface area contributed by atoms with Crippen molar-refractivity contribution in [3.8, 4) is 23.0 Å². The number of carbonyl (C=O) groups is 1. The van der Waals surface area contributed by atoms with Gasteiger partial charge in [-0.25, -0.2) is 0 Å². The molecule has 0 radical (unpaired) electrons. The van der Waals surface area contributed by atoms with Crippen molar-refractivity contribution in [3.05, 3.63) is 59.1 Å². The fourth-order valence-corrected chi connectivity index (χ4v) is 3.33. The van der Waals surface area contributed by atoms with Gasteiger partial charge in [0.05, 0.1) is 11.6 Å². The van der Waals surface area contributed by atoms with Crippen molar-refractivity contribution in [2.75, 3.05) is 6.61 Å². The molecule has 3 aromatic rings. The second-order valence-electron chi connectivity index (χ2n) is 7.42. The maximum atomic E-state index is 12.9. The Morgan fingerprint density at radius 3 is 2.42 bits per heavy atom. The Bertz CT molecular complexity index is 1140. The van der Waals surface area contributed by atoms with Gasteiger partial charge in [0.15, 0.2) is 17.3 Å². The van der Waals surface area contributed by atoms with Gasteiger partial charge in [-0.15, -0.1) is 13.2 Å². The zero-order valence-corrected chi connectivity index (χ0v) is 17.2. The lowest BCUT2D eigenvalue weighted by Crippen LogP contribution is -2.18. The molecule has 31 heavy (non-hydrogen) atoms. The average Bonchev–Trinajstić information content (AvgIpc) is 3.50. The van der Waals surface area contributed by atoms with Crippen LogP contribution in [0.1, 0.15) is 30.1 Å². The monoisotopic (exact) mass is 450 g/mol. The molecule has 1 aliphatic carbocycles. The van der Waals surface area contributed by atoms with Crippen LogP contribution in [0.4, 0.5) is 13.2 Å². The zero-order chi connectivity index (χ0) is 22.2. The molecule has 0 aliphatic heterocycles. The van der Waals surface area contributed by atoms with Gasteiger partial charge in [-0.3, -0.25) is 4.79 Å². The van der Waals surface area contributed by atoms with E-state index in [0.29, 0.717) is 17.2 Å². The summed E-state index contributed by atoms with van der Waals surface area (Å²) in [4.78, 5) is 11.5. The summed E-state index contributed by atoms with van der Waals surface area (Å²) in [5.74, 6) is 0.0347. The van der Waals surface area contributed by atoms with E-state index in [1.807, 2.05) is 0 Å². The van der Waals surface area contributed by atoms with Crippen LogP contribution < -0.4 is 14.2 Å². The number of hydrogen-bond acceptors (Lipinski definition) is 4. The van der Waals surface area contributed by atoms with Gasteiger partial charge in [0.1, 0.15) is 11.5 Å². The van der Waals surface area contributed by atoms with Gasteiger partial charge in [-0.05, 0) is 54.7 Å². The molecule has 1 saturated carbocycles. The molecule has 1 fully saturated rings. The van der Waals surface area contributed by atoms with Crippen LogP contribution in [0, 0.1) is 5.92 Å². The Morgan fingerprint density at radius 2 is 1.74 bits per heavy atom. The highest BCUT2D eigenvalue weighted by atomic mass is 35.5. The summed E-state index contributed by atoms with van der Waals surface area (Å²) in [6.45, 7) is 1.77. The Hall–Kier alpha value is -2.93. The van der Waals surface area contributed by atoms with Gasteiger partial charge in [-0.1, -0.05) is 29.8 Å². The van der Waals surface area contributed by atoms with Crippen LogP contribution in [0.2, 0.25) is 5.02 Å². The SMILES string of the molecule is CC(=O)c1ccc2cc(Oc3cc(Cl)c(OCC4CC4)c(OC(F)(F)F)c3)ccc2c1. The summed E-state index contributed by atoms with van der Waals surface area (Å²) in [6, 6.07) is 12.9. The number of ether oxygens (including phenoxy) is 3. The van der Waals surface area contributed by atoms with E-state index in [9.17, 15) is 18.0 Å². The molecule has 0 atom stereocenters. The molecule has 1 aliphatic rings. The van der Waals surface area contributed by atoms with Crippen LogP contribution in [-0.2, 0) is 0 Å². The number of ketones is 1. The topological polar surface area (TPSA) is 44.8 Å². The number of Topliss-reactive ketones (excluding diaryl/α,β-unsaturated/α-hetero) is 1. The fraction of sp³-hybridized carbons (Fsp3) is 0.261. The van der Waals surface area contributed by atoms with E-state index in [-0.39, 0.29) is 28.9 Å². The summed E-state index contributed by atoms with van der Waals surface area (Å²) < 4.78 is 54.1. The lowest BCUT2D eigenvalue weighted by Gasteiger charge is -2.17. The first-order valence-corrected chi connectivity index (χ1v) is 10.0. The number of benzene rings is 3. The Morgan fingerprint density at radius 1 is 1.03 bits per heavy atom. The number of rotatable bonds is 7. The lowest BCUT2D eigenvalue weighted by molar-refractivity contribution is -0.275. The third-order valence-corrected chi connectivity index (χ3v) is 5.10. The predicted molar refractivity (Wildman–Crippen MR) is 110 cm³/mol. The van der Waals surface area contributed by atoms with Gasteiger partial charge < -0.3 is 14.2 Å². The Balaban J connectivity index is 1.62. The molecule has 0 heterocycles.